The number of methoxy groups -OCH3 is 2. The maximum absolute atomic E-state index is 6.25. The summed E-state index contributed by atoms with van der Waals surface area (Å²) in [6.07, 6.45) is -1.05. The maximum Gasteiger partial charge on any atom is 0.164 e. The highest BCUT2D eigenvalue weighted by molar-refractivity contribution is 5.23. The first-order valence-corrected chi connectivity index (χ1v) is 9.57. The summed E-state index contributed by atoms with van der Waals surface area (Å²) in [6, 6.07) is 20.2. The minimum absolute atomic E-state index is 0.241. The Labute approximate surface area is 163 Å². The molecule has 1 saturated heterocycles. The average molecular weight is 373 g/mol. The summed E-state index contributed by atoms with van der Waals surface area (Å²) >= 11 is 0. The summed E-state index contributed by atoms with van der Waals surface area (Å²) < 4.78 is 24.1. The number of rotatable bonds is 6. The molecular formula is C23H32O4. The van der Waals surface area contributed by atoms with Crippen molar-refractivity contribution in [3.63, 3.8) is 0 Å². The molecule has 148 valence electrons. The van der Waals surface area contributed by atoms with Crippen LogP contribution in [0.5, 0.6) is 0 Å². The maximum atomic E-state index is 6.25. The Balaban J connectivity index is 0.00000126. The van der Waals surface area contributed by atoms with Gasteiger partial charge < -0.3 is 18.9 Å². The molecule has 4 nitrogen and oxygen atoms in total. The summed E-state index contributed by atoms with van der Waals surface area (Å²) in [7, 11) is 3.40. The van der Waals surface area contributed by atoms with E-state index in [-0.39, 0.29) is 24.4 Å². The zero-order chi connectivity index (χ0) is 19.9. The van der Waals surface area contributed by atoms with Crippen molar-refractivity contribution in [3.8, 4) is 0 Å². The summed E-state index contributed by atoms with van der Waals surface area (Å²) in [5, 5.41) is 0. The van der Waals surface area contributed by atoms with Crippen molar-refractivity contribution in [2.45, 2.75) is 57.9 Å². The third kappa shape index (κ3) is 5.17. The van der Waals surface area contributed by atoms with Crippen molar-refractivity contribution in [1.29, 1.82) is 0 Å². The molecule has 1 fully saturated rings. The molecule has 0 unspecified atom stereocenters. The molecule has 0 aliphatic carbocycles. The Morgan fingerprint density at radius 1 is 0.704 bits per heavy atom. The van der Waals surface area contributed by atoms with Gasteiger partial charge in [0.05, 0.1) is 0 Å². The summed E-state index contributed by atoms with van der Waals surface area (Å²) in [5.74, 6) is -0.702. The second kappa shape index (κ2) is 10.00. The highest BCUT2D eigenvalue weighted by Gasteiger charge is 2.49. The second-order valence-corrected chi connectivity index (χ2v) is 6.70. The van der Waals surface area contributed by atoms with Gasteiger partial charge in [-0.2, -0.15) is 0 Å². The molecule has 2 aromatic rings. The second-order valence-electron chi connectivity index (χ2n) is 6.70. The van der Waals surface area contributed by atoms with Crippen molar-refractivity contribution < 1.29 is 18.9 Å². The van der Waals surface area contributed by atoms with Crippen LogP contribution < -0.4 is 0 Å². The molecule has 0 radical (unpaired) electrons. The fourth-order valence-electron chi connectivity index (χ4n) is 3.49. The van der Waals surface area contributed by atoms with Crippen molar-refractivity contribution in [2.24, 2.45) is 0 Å². The van der Waals surface area contributed by atoms with Crippen LogP contribution in [-0.2, 0) is 18.9 Å². The molecule has 1 heterocycles. The van der Waals surface area contributed by atoms with E-state index < -0.39 is 5.79 Å². The van der Waals surface area contributed by atoms with E-state index in [1.807, 2.05) is 88.4 Å². The van der Waals surface area contributed by atoms with Crippen molar-refractivity contribution in [2.75, 3.05) is 14.2 Å². The topological polar surface area (TPSA) is 36.9 Å². The standard InChI is InChI=1S/C21H26O4.C2H6/c1-21(2)24-19(17(22-3)15-11-7-5-8-12-15)20(25-21)18(23-4)16-13-9-6-10-14-16;1-2/h5-14,17-20H,1-4H3;1-2H3/t17-,18-,19+,20+;/m1./s1. The largest absolute Gasteiger partial charge is 0.374 e. The zero-order valence-electron chi connectivity index (χ0n) is 17.2. The van der Waals surface area contributed by atoms with E-state index in [9.17, 15) is 0 Å². The first-order valence-electron chi connectivity index (χ1n) is 9.57. The van der Waals surface area contributed by atoms with Gasteiger partial charge >= 0.3 is 0 Å². The van der Waals surface area contributed by atoms with Gasteiger partial charge in [0.1, 0.15) is 24.4 Å². The van der Waals surface area contributed by atoms with Crippen molar-refractivity contribution in [3.05, 3.63) is 71.8 Å². The van der Waals surface area contributed by atoms with Crippen LogP contribution in [0, 0.1) is 0 Å². The van der Waals surface area contributed by atoms with E-state index in [0.717, 1.165) is 11.1 Å². The molecule has 1 aliphatic rings. The van der Waals surface area contributed by atoms with E-state index in [4.69, 9.17) is 18.9 Å². The molecule has 0 amide bonds. The number of hydrogen-bond acceptors (Lipinski definition) is 4. The predicted molar refractivity (Wildman–Crippen MR) is 108 cm³/mol. The van der Waals surface area contributed by atoms with Crippen molar-refractivity contribution in [1.82, 2.24) is 0 Å². The first kappa shape index (κ1) is 21.6. The van der Waals surface area contributed by atoms with E-state index in [0.29, 0.717) is 0 Å². The van der Waals surface area contributed by atoms with E-state index in [1.54, 1.807) is 14.2 Å². The lowest BCUT2D eigenvalue weighted by molar-refractivity contribution is -0.163. The van der Waals surface area contributed by atoms with E-state index in [1.165, 1.54) is 0 Å². The van der Waals surface area contributed by atoms with E-state index >= 15 is 0 Å². The van der Waals surface area contributed by atoms with Crippen molar-refractivity contribution >= 4 is 0 Å². The van der Waals surface area contributed by atoms with Gasteiger partial charge in [0.2, 0.25) is 0 Å². The quantitative estimate of drug-likeness (QED) is 0.689. The molecule has 2 aromatic carbocycles. The SMILES string of the molecule is CC.CO[C@H](c1ccccc1)[C@@H]1OC(C)(C)O[C@H]1[C@H](OC)c1ccccc1. The number of benzene rings is 2. The monoisotopic (exact) mass is 372 g/mol. The third-order valence-electron chi connectivity index (χ3n) is 4.52. The average Bonchev–Trinajstić information content (AvgIpc) is 3.01. The van der Waals surface area contributed by atoms with Gasteiger partial charge in [-0.1, -0.05) is 74.5 Å². The Kier molecular flexibility index (Phi) is 7.99. The van der Waals surface area contributed by atoms with Gasteiger partial charge in [-0.15, -0.1) is 0 Å². The number of hydrogen-bond donors (Lipinski definition) is 0. The summed E-state index contributed by atoms with van der Waals surface area (Å²) in [4.78, 5) is 0. The van der Waals surface area contributed by atoms with Gasteiger partial charge in [-0.3, -0.25) is 0 Å². The van der Waals surface area contributed by atoms with Gasteiger partial charge in [0.25, 0.3) is 0 Å². The van der Waals surface area contributed by atoms with Gasteiger partial charge in [0, 0.05) is 14.2 Å². The molecular weight excluding hydrogens is 340 g/mol. The Hall–Kier alpha value is -1.72. The molecule has 1 aliphatic heterocycles. The van der Waals surface area contributed by atoms with Crippen LogP contribution in [0.25, 0.3) is 0 Å². The summed E-state index contributed by atoms with van der Waals surface area (Å²) in [6.45, 7) is 7.85. The van der Waals surface area contributed by atoms with Crippen LogP contribution in [0.1, 0.15) is 51.0 Å². The van der Waals surface area contributed by atoms with E-state index in [2.05, 4.69) is 0 Å². The minimum atomic E-state index is -0.702. The molecule has 4 heteroatoms. The Morgan fingerprint density at radius 2 is 1.04 bits per heavy atom. The highest BCUT2D eigenvalue weighted by atomic mass is 16.8. The third-order valence-corrected chi connectivity index (χ3v) is 4.52. The highest BCUT2D eigenvalue weighted by Crippen LogP contribution is 2.42. The van der Waals surface area contributed by atoms with Crippen LogP contribution in [0.2, 0.25) is 0 Å². The number of ether oxygens (including phenoxy) is 4. The molecule has 27 heavy (non-hydrogen) atoms. The van der Waals surface area contributed by atoms with Gasteiger partial charge in [-0.25, -0.2) is 0 Å². The molecule has 0 aromatic heterocycles. The van der Waals surface area contributed by atoms with Crippen LogP contribution in [0.4, 0.5) is 0 Å². The molecule has 4 atom stereocenters. The molecule has 0 saturated carbocycles. The fourth-order valence-corrected chi connectivity index (χ4v) is 3.49. The van der Waals surface area contributed by atoms with Crippen LogP contribution in [-0.4, -0.2) is 32.2 Å². The summed E-state index contributed by atoms with van der Waals surface area (Å²) in [5.41, 5.74) is 2.12. The van der Waals surface area contributed by atoms with Gasteiger partial charge in [-0.05, 0) is 25.0 Å². The lowest BCUT2D eigenvalue weighted by Crippen LogP contribution is -2.36. The first-order chi connectivity index (χ1) is 13.1. The molecule has 0 spiro atoms. The fraction of sp³-hybridized carbons (Fsp3) is 0.478. The Bertz CT molecular complexity index is 599. The predicted octanol–water partition coefficient (Wildman–Crippen LogP) is 5.31. The molecule has 0 bridgehead atoms. The lowest BCUT2D eigenvalue weighted by Gasteiger charge is -2.30. The lowest BCUT2D eigenvalue weighted by atomic mass is 9.94. The zero-order valence-corrected chi connectivity index (χ0v) is 17.2. The Morgan fingerprint density at radius 3 is 1.33 bits per heavy atom. The minimum Gasteiger partial charge on any atom is -0.374 e. The molecule has 0 N–H and O–H groups in total. The van der Waals surface area contributed by atoms with Gasteiger partial charge in [0.15, 0.2) is 5.79 Å². The smallest absolute Gasteiger partial charge is 0.164 e. The molecule has 3 rings (SSSR count). The normalized spacial score (nSPS) is 23.2. The van der Waals surface area contributed by atoms with Crippen LogP contribution >= 0.6 is 0 Å². The van der Waals surface area contributed by atoms with Crippen LogP contribution in [0.15, 0.2) is 60.7 Å². The van der Waals surface area contributed by atoms with Crippen LogP contribution in [0.3, 0.4) is 0 Å².